The molecule has 0 aliphatic carbocycles. The zero-order valence-electron chi connectivity index (χ0n) is 13.0. The van der Waals surface area contributed by atoms with Crippen molar-refractivity contribution >= 4 is 0 Å². The molecule has 2 aromatic carbocycles. The Labute approximate surface area is 130 Å². The summed E-state index contributed by atoms with van der Waals surface area (Å²) in [7, 11) is 5.42. The van der Waals surface area contributed by atoms with Gasteiger partial charge in [-0.1, -0.05) is 12.1 Å². The maximum atomic E-state index is 5.24. The lowest BCUT2D eigenvalue weighted by atomic mass is 10.0. The van der Waals surface area contributed by atoms with E-state index in [4.69, 9.17) is 9.47 Å². The van der Waals surface area contributed by atoms with Gasteiger partial charge in [0.1, 0.15) is 11.5 Å². The van der Waals surface area contributed by atoms with Gasteiger partial charge in [0, 0.05) is 18.8 Å². The summed E-state index contributed by atoms with van der Waals surface area (Å²) in [5.41, 5.74) is 4.73. The highest BCUT2D eigenvalue weighted by Crippen LogP contribution is 2.34. The molecule has 0 aliphatic rings. The zero-order valence-corrected chi connectivity index (χ0v) is 13.0. The van der Waals surface area contributed by atoms with Crippen LogP contribution in [-0.2, 0) is 7.05 Å². The first-order valence-corrected chi connectivity index (χ1v) is 7.17. The Kier molecular flexibility index (Phi) is 3.88. The fraction of sp³-hybridized carbons (Fsp3) is 0.158. The summed E-state index contributed by atoms with van der Waals surface area (Å²) >= 11 is 0. The van der Waals surface area contributed by atoms with Crippen LogP contribution >= 0.6 is 0 Å². The monoisotopic (exact) mass is 293 g/mol. The van der Waals surface area contributed by atoms with Crippen LogP contribution in [0, 0.1) is 0 Å². The highest BCUT2D eigenvalue weighted by atomic mass is 16.5. The van der Waals surface area contributed by atoms with Crippen molar-refractivity contribution in [3.63, 3.8) is 0 Å². The summed E-state index contributed by atoms with van der Waals surface area (Å²) in [5.74, 6) is 1.73. The molecule has 0 spiro atoms. The van der Waals surface area contributed by atoms with Crippen LogP contribution in [0.2, 0.25) is 0 Å². The standard InChI is InChI=1S/C19H19NO2/c1-20-13-12-18(14-4-8-16(21-2)9-5-14)19(20)15-6-10-17(22-3)11-7-15/h4-13H,1-3H3. The Hall–Kier alpha value is -2.68. The molecule has 1 aromatic heterocycles. The van der Waals surface area contributed by atoms with Gasteiger partial charge in [-0.05, 0) is 53.6 Å². The molecule has 0 unspecified atom stereocenters. The second-order valence-corrected chi connectivity index (χ2v) is 5.15. The Morgan fingerprint density at radius 1 is 0.682 bits per heavy atom. The van der Waals surface area contributed by atoms with Crippen LogP contribution < -0.4 is 9.47 Å². The molecule has 0 saturated carbocycles. The van der Waals surface area contributed by atoms with E-state index in [1.165, 1.54) is 22.4 Å². The van der Waals surface area contributed by atoms with Crippen molar-refractivity contribution in [3.05, 3.63) is 60.8 Å². The Balaban J connectivity index is 2.05. The molecule has 0 fully saturated rings. The Morgan fingerprint density at radius 3 is 1.68 bits per heavy atom. The summed E-state index contributed by atoms with van der Waals surface area (Å²) in [4.78, 5) is 0. The number of aromatic nitrogens is 1. The first-order valence-electron chi connectivity index (χ1n) is 7.17. The van der Waals surface area contributed by atoms with Crippen molar-refractivity contribution in [1.82, 2.24) is 4.57 Å². The highest BCUT2D eigenvalue weighted by Gasteiger charge is 2.11. The van der Waals surface area contributed by atoms with Crippen LogP contribution in [-0.4, -0.2) is 18.8 Å². The summed E-state index contributed by atoms with van der Waals surface area (Å²) in [6, 6.07) is 18.4. The third kappa shape index (κ3) is 2.58. The van der Waals surface area contributed by atoms with Gasteiger partial charge in [0.2, 0.25) is 0 Å². The molecule has 1 heterocycles. The van der Waals surface area contributed by atoms with Gasteiger partial charge < -0.3 is 14.0 Å². The molecule has 0 bridgehead atoms. The van der Waals surface area contributed by atoms with Crippen molar-refractivity contribution in [2.24, 2.45) is 7.05 Å². The lowest BCUT2D eigenvalue weighted by molar-refractivity contribution is 0.414. The van der Waals surface area contributed by atoms with Crippen molar-refractivity contribution in [1.29, 1.82) is 0 Å². The zero-order chi connectivity index (χ0) is 15.5. The molecule has 3 rings (SSSR count). The molecular formula is C19H19NO2. The van der Waals surface area contributed by atoms with Crippen molar-refractivity contribution in [3.8, 4) is 33.9 Å². The minimum atomic E-state index is 0.865. The third-order valence-corrected chi connectivity index (χ3v) is 3.84. The lowest BCUT2D eigenvalue weighted by Gasteiger charge is -2.10. The summed E-state index contributed by atoms with van der Waals surface area (Å²) < 4.78 is 12.6. The largest absolute Gasteiger partial charge is 0.497 e. The number of aryl methyl sites for hydroxylation is 1. The van der Waals surface area contributed by atoms with E-state index in [1.54, 1.807) is 14.2 Å². The molecule has 3 heteroatoms. The van der Waals surface area contributed by atoms with Gasteiger partial charge >= 0.3 is 0 Å². The van der Waals surface area contributed by atoms with Crippen LogP contribution in [0.5, 0.6) is 11.5 Å². The van der Waals surface area contributed by atoms with E-state index in [-0.39, 0.29) is 0 Å². The highest BCUT2D eigenvalue weighted by molar-refractivity contribution is 5.82. The van der Waals surface area contributed by atoms with Crippen LogP contribution in [0.3, 0.4) is 0 Å². The normalized spacial score (nSPS) is 10.5. The van der Waals surface area contributed by atoms with Crippen LogP contribution in [0.15, 0.2) is 60.8 Å². The van der Waals surface area contributed by atoms with Gasteiger partial charge in [-0.15, -0.1) is 0 Å². The van der Waals surface area contributed by atoms with Gasteiger partial charge in [-0.3, -0.25) is 0 Å². The summed E-state index contributed by atoms with van der Waals surface area (Å²) in [6.07, 6.45) is 2.08. The maximum Gasteiger partial charge on any atom is 0.118 e. The molecule has 0 N–H and O–H groups in total. The van der Waals surface area contributed by atoms with E-state index in [1.807, 2.05) is 24.3 Å². The number of ether oxygens (including phenoxy) is 2. The number of rotatable bonds is 4. The molecule has 22 heavy (non-hydrogen) atoms. The van der Waals surface area contributed by atoms with Crippen LogP contribution in [0.4, 0.5) is 0 Å². The minimum Gasteiger partial charge on any atom is -0.497 e. The van der Waals surface area contributed by atoms with E-state index in [0.717, 1.165) is 11.5 Å². The number of hydrogen-bond acceptors (Lipinski definition) is 2. The van der Waals surface area contributed by atoms with E-state index in [0.29, 0.717) is 0 Å². The van der Waals surface area contributed by atoms with E-state index >= 15 is 0 Å². The molecule has 0 atom stereocenters. The molecule has 3 nitrogen and oxygen atoms in total. The topological polar surface area (TPSA) is 23.4 Å². The number of nitrogens with zero attached hydrogens (tertiary/aromatic N) is 1. The van der Waals surface area contributed by atoms with Crippen LogP contribution in [0.1, 0.15) is 0 Å². The second kappa shape index (κ2) is 5.98. The average molecular weight is 293 g/mol. The van der Waals surface area contributed by atoms with Gasteiger partial charge in [-0.2, -0.15) is 0 Å². The Bertz CT molecular complexity index is 755. The predicted octanol–water partition coefficient (Wildman–Crippen LogP) is 4.38. The van der Waals surface area contributed by atoms with Gasteiger partial charge in [0.15, 0.2) is 0 Å². The Morgan fingerprint density at radius 2 is 1.18 bits per heavy atom. The van der Waals surface area contributed by atoms with Crippen molar-refractivity contribution < 1.29 is 9.47 Å². The van der Waals surface area contributed by atoms with E-state index < -0.39 is 0 Å². The maximum absolute atomic E-state index is 5.24. The van der Waals surface area contributed by atoms with E-state index in [2.05, 4.69) is 48.1 Å². The first kappa shape index (κ1) is 14.3. The number of benzene rings is 2. The molecular weight excluding hydrogens is 274 g/mol. The third-order valence-electron chi connectivity index (χ3n) is 3.84. The van der Waals surface area contributed by atoms with Crippen molar-refractivity contribution in [2.45, 2.75) is 0 Å². The molecule has 0 aliphatic heterocycles. The van der Waals surface area contributed by atoms with Gasteiger partial charge in [0.25, 0.3) is 0 Å². The van der Waals surface area contributed by atoms with Gasteiger partial charge in [-0.25, -0.2) is 0 Å². The lowest BCUT2D eigenvalue weighted by Crippen LogP contribution is -1.92. The van der Waals surface area contributed by atoms with Crippen LogP contribution in [0.25, 0.3) is 22.4 Å². The quantitative estimate of drug-likeness (QED) is 0.713. The molecule has 0 radical (unpaired) electrons. The summed E-state index contributed by atoms with van der Waals surface area (Å²) in [5, 5.41) is 0. The second-order valence-electron chi connectivity index (χ2n) is 5.15. The average Bonchev–Trinajstić information content (AvgIpc) is 2.96. The fourth-order valence-electron chi connectivity index (χ4n) is 2.64. The summed E-state index contributed by atoms with van der Waals surface area (Å²) in [6.45, 7) is 0. The van der Waals surface area contributed by atoms with E-state index in [9.17, 15) is 0 Å². The predicted molar refractivity (Wildman–Crippen MR) is 89.4 cm³/mol. The van der Waals surface area contributed by atoms with Crippen molar-refractivity contribution in [2.75, 3.05) is 14.2 Å². The fourth-order valence-corrected chi connectivity index (χ4v) is 2.64. The van der Waals surface area contributed by atoms with Gasteiger partial charge in [0.05, 0.1) is 19.9 Å². The molecule has 112 valence electrons. The molecule has 3 aromatic rings. The number of hydrogen-bond donors (Lipinski definition) is 0. The minimum absolute atomic E-state index is 0.865. The SMILES string of the molecule is COc1ccc(-c2ccn(C)c2-c2ccc(OC)cc2)cc1. The molecule has 0 saturated heterocycles. The molecule has 0 amide bonds. The first-order chi connectivity index (χ1) is 10.7. The number of methoxy groups -OCH3 is 2. The smallest absolute Gasteiger partial charge is 0.118 e.